The minimum absolute atomic E-state index is 0.0191. The fourth-order valence-corrected chi connectivity index (χ4v) is 9.23. The predicted octanol–water partition coefficient (Wildman–Crippen LogP) is 11.1. The smallest absolute Gasteiger partial charge is 0.257 e. The highest BCUT2D eigenvalue weighted by atomic mass is 16.5. The van der Waals surface area contributed by atoms with Crippen molar-refractivity contribution in [1.82, 2.24) is 0 Å². The van der Waals surface area contributed by atoms with Crippen LogP contribution in [0, 0.1) is 0 Å². The molecule has 0 radical (unpaired) electrons. The molecular formula is C48H31BN4O. The molecule has 8 aromatic rings. The van der Waals surface area contributed by atoms with Crippen molar-refractivity contribution < 1.29 is 4.74 Å². The minimum Gasteiger partial charge on any atom is -0.453 e. The minimum atomic E-state index is 0.0191. The molecule has 0 fully saturated rings. The van der Waals surface area contributed by atoms with Crippen molar-refractivity contribution in [2.24, 2.45) is 0 Å². The van der Waals surface area contributed by atoms with E-state index in [2.05, 4.69) is 196 Å². The lowest BCUT2D eigenvalue weighted by Gasteiger charge is -2.49. The lowest BCUT2D eigenvalue weighted by Crippen LogP contribution is -2.64. The highest BCUT2D eigenvalue weighted by molar-refractivity contribution is 7.02. The molecule has 0 aliphatic carbocycles. The van der Waals surface area contributed by atoms with Gasteiger partial charge in [-0.2, -0.15) is 0 Å². The van der Waals surface area contributed by atoms with Crippen LogP contribution in [0.15, 0.2) is 188 Å². The van der Waals surface area contributed by atoms with E-state index in [9.17, 15) is 0 Å². The van der Waals surface area contributed by atoms with Gasteiger partial charge in [-0.1, -0.05) is 91.0 Å². The van der Waals surface area contributed by atoms with Gasteiger partial charge in [0.1, 0.15) is 0 Å². The summed E-state index contributed by atoms with van der Waals surface area (Å²) in [5, 5.41) is 0. The standard InChI is InChI=1S/C48H31BN4O/c1-4-16-32(17-5-1)50-38-24-14-26-40-46(38)49-47-39(50)25-15-27-41(47)52(34-20-8-3-9-21-34)43-31-35(30-42(48(43)49)51(40)33-18-6-2-7-19-33)53-36-22-10-12-28-44(36)54-45-29-13-11-23-37(45)53/h1-31H. The molecule has 4 aliphatic rings. The summed E-state index contributed by atoms with van der Waals surface area (Å²) in [6, 6.07) is 67.6. The van der Waals surface area contributed by atoms with E-state index in [1.54, 1.807) is 0 Å². The molecule has 0 saturated carbocycles. The molecular weight excluding hydrogens is 659 g/mol. The van der Waals surface area contributed by atoms with Crippen molar-refractivity contribution in [2.75, 3.05) is 19.6 Å². The van der Waals surface area contributed by atoms with Crippen LogP contribution in [0.25, 0.3) is 0 Å². The highest BCUT2D eigenvalue weighted by Crippen LogP contribution is 2.55. The van der Waals surface area contributed by atoms with Gasteiger partial charge in [-0.15, -0.1) is 0 Å². The van der Waals surface area contributed by atoms with E-state index in [1.165, 1.54) is 50.5 Å². The van der Waals surface area contributed by atoms with Crippen molar-refractivity contribution in [3.05, 3.63) is 188 Å². The highest BCUT2D eigenvalue weighted by Gasteiger charge is 2.49. The number of para-hydroxylation sites is 7. The number of hydrogen-bond acceptors (Lipinski definition) is 5. The Balaban J connectivity index is 1.23. The molecule has 4 heterocycles. The number of ether oxygens (including phenoxy) is 1. The number of hydrogen-bond donors (Lipinski definition) is 0. The van der Waals surface area contributed by atoms with Gasteiger partial charge in [0, 0.05) is 51.2 Å². The maximum Gasteiger partial charge on any atom is 0.257 e. The normalized spacial score (nSPS) is 13.9. The Hall–Kier alpha value is -7.18. The molecule has 0 N–H and O–H groups in total. The number of anilines is 12. The van der Waals surface area contributed by atoms with Crippen molar-refractivity contribution in [2.45, 2.75) is 0 Å². The van der Waals surface area contributed by atoms with Gasteiger partial charge in [0.25, 0.3) is 6.71 Å². The van der Waals surface area contributed by atoms with E-state index < -0.39 is 0 Å². The van der Waals surface area contributed by atoms with Gasteiger partial charge >= 0.3 is 0 Å². The number of benzene rings is 8. The summed E-state index contributed by atoms with van der Waals surface area (Å²) < 4.78 is 6.50. The van der Waals surface area contributed by atoms with Crippen LogP contribution in [0.3, 0.4) is 0 Å². The van der Waals surface area contributed by atoms with Gasteiger partial charge in [-0.05, 0) is 113 Å². The van der Waals surface area contributed by atoms with E-state index in [1.807, 2.05) is 12.1 Å². The monoisotopic (exact) mass is 690 g/mol. The molecule has 0 saturated heterocycles. The van der Waals surface area contributed by atoms with Gasteiger partial charge in [0.05, 0.1) is 17.1 Å². The van der Waals surface area contributed by atoms with E-state index in [0.717, 1.165) is 45.6 Å². The van der Waals surface area contributed by atoms with Gasteiger partial charge in [-0.25, -0.2) is 0 Å². The average Bonchev–Trinajstić information content (AvgIpc) is 3.23. The molecule has 0 amide bonds. The summed E-state index contributed by atoms with van der Waals surface area (Å²) in [5.74, 6) is 1.67. The van der Waals surface area contributed by atoms with E-state index in [4.69, 9.17) is 4.74 Å². The molecule has 252 valence electrons. The van der Waals surface area contributed by atoms with E-state index in [0.29, 0.717) is 0 Å². The molecule has 0 aromatic heterocycles. The summed E-state index contributed by atoms with van der Waals surface area (Å²) in [7, 11) is 0. The zero-order valence-corrected chi connectivity index (χ0v) is 29.2. The molecule has 0 atom stereocenters. The Kier molecular flexibility index (Phi) is 6.08. The quantitative estimate of drug-likeness (QED) is 0.171. The van der Waals surface area contributed by atoms with Crippen LogP contribution in [-0.2, 0) is 0 Å². The first kappa shape index (κ1) is 29.4. The molecule has 4 aliphatic heterocycles. The average molecular weight is 691 g/mol. The summed E-state index contributed by atoms with van der Waals surface area (Å²) in [6.07, 6.45) is 0. The van der Waals surface area contributed by atoms with Gasteiger partial charge in [0.2, 0.25) is 0 Å². The van der Waals surface area contributed by atoms with E-state index in [-0.39, 0.29) is 6.71 Å². The molecule has 0 unspecified atom stereocenters. The molecule has 54 heavy (non-hydrogen) atoms. The Labute approximate surface area is 314 Å². The van der Waals surface area contributed by atoms with Crippen molar-refractivity contribution in [3.8, 4) is 11.5 Å². The lowest BCUT2D eigenvalue weighted by molar-refractivity contribution is 0.477. The first-order chi connectivity index (χ1) is 26.8. The van der Waals surface area contributed by atoms with Crippen LogP contribution >= 0.6 is 0 Å². The molecule has 5 nitrogen and oxygen atoms in total. The maximum absolute atomic E-state index is 6.50. The van der Waals surface area contributed by atoms with Gasteiger partial charge in [0.15, 0.2) is 11.5 Å². The zero-order chi connectivity index (χ0) is 35.3. The Morgan fingerprint density at radius 3 is 1.02 bits per heavy atom. The third kappa shape index (κ3) is 3.99. The Bertz CT molecular complexity index is 2630. The van der Waals surface area contributed by atoms with Crippen molar-refractivity contribution in [3.63, 3.8) is 0 Å². The third-order valence-electron chi connectivity index (χ3n) is 11.3. The fourth-order valence-electron chi connectivity index (χ4n) is 9.23. The van der Waals surface area contributed by atoms with Crippen LogP contribution in [-0.4, -0.2) is 6.71 Å². The second kappa shape index (κ2) is 11.2. The van der Waals surface area contributed by atoms with Crippen molar-refractivity contribution >= 4 is 91.3 Å². The molecule has 8 aromatic carbocycles. The van der Waals surface area contributed by atoms with Crippen LogP contribution in [0.4, 0.5) is 68.2 Å². The second-order valence-corrected chi connectivity index (χ2v) is 14.1. The number of fused-ring (bicyclic) bond motifs is 2. The first-order valence-electron chi connectivity index (χ1n) is 18.5. The number of nitrogens with zero attached hydrogens (tertiary/aromatic N) is 4. The van der Waals surface area contributed by atoms with Crippen molar-refractivity contribution in [1.29, 1.82) is 0 Å². The molecule has 12 rings (SSSR count). The second-order valence-electron chi connectivity index (χ2n) is 14.1. The van der Waals surface area contributed by atoms with Gasteiger partial charge < -0.3 is 24.3 Å². The number of rotatable bonds is 4. The molecule has 0 spiro atoms. The third-order valence-corrected chi connectivity index (χ3v) is 11.3. The zero-order valence-electron chi connectivity index (χ0n) is 29.2. The van der Waals surface area contributed by atoms with E-state index >= 15 is 0 Å². The Morgan fingerprint density at radius 2 is 0.593 bits per heavy atom. The Morgan fingerprint density at radius 1 is 0.278 bits per heavy atom. The van der Waals surface area contributed by atoms with Gasteiger partial charge in [-0.3, -0.25) is 0 Å². The SMILES string of the molecule is c1ccc(N2c3cccc4c3B3c5c2cccc5N(c2ccccc2)c2cc(N5c6ccccc6Oc6ccccc65)cc(c23)N4c2ccccc2)cc1. The summed E-state index contributed by atoms with van der Waals surface area (Å²) in [4.78, 5) is 9.81. The summed E-state index contributed by atoms with van der Waals surface area (Å²) in [6.45, 7) is 0.0191. The maximum atomic E-state index is 6.50. The summed E-state index contributed by atoms with van der Waals surface area (Å²) >= 11 is 0. The van der Waals surface area contributed by atoms with Crippen LogP contribution < -0.4 is 40.7 Å². The molecule has 6 heteroatoms. The fraction of sp³-hybridized carbons (Fsp3) is 0. The van der Waals surface area contributed by atoms with Crippen LogP contribution in [0.2, 0.25) is 0 Å². The lowest BCUT2D eigenvalue weighted by atomic mass is 9.32. The largest absolute Gasteiger partial charge is 0.453 e. The van der Waals surface area contributed by atoms with Crippen LogP contribution in [0.5, 0.6) is 11.5 Å². The topological polar surface area (TPSA) is 22.2 Å². The predicted molar refractivity (Wildman–Crippen MR) is 223 cm³/mol. The molecule has 0 bridgehead atoms. The summed E-state index contributed by atoms with van der Waals surface area (Å²) in [5.41, 5.74) is 17.5. The van der Waals surface area contributed by atoms with Crippen LogP contribution in [0.1, 0.15) is 0 Å². The first-order valence-corrected chi connectivity index (χ1v) is 18.5.